The summed E-state index contributed by atoms with van der Waals surface area (Å²) in [6.07, 6.45) is 6.86. The van der Waals surface area contributed by atoms with E-state index in [0.717, 1.165) is 0 Å². The second-order valence-electron chi connectivity index (χ2n) is 6.32. The van der Waals surface area contributed by atoms with Crippen molar-refractivity contribution in [3.05, 3.63) is 102 Å². The van der Waals surface area contributed by atoms with E-state index in [1.54, 1.807) is 0 Å². The molecule has 25 heavy (non-hydrogen) atoms. The largest absolute Gasteiger partial charge is 1.00 e. The number of benzene rings is 2. The number of nitrogens with zero attached hydrogens (tertiary/aromatic N) is 1. The average Bonchev–Trinajstić information content (AvgIpc) is 2.66. The minimum absolute atomic E-state index is 0. The molecular formula is C23H26ClN. The first kappa shape index (κ1) is 19.2. The Kier molecular flexibility index (Phi) is 7.21. The third-order valence-electron chi connectivity index (χ3n) is 4.86. The first-order valence-electron chi connectivity index (χ1n) is 8.94. The van der Waals surface area contributed by atoms with E-state index in [9.17, 15) is 0 Å². The van der Waals surface area contributed by atoms with Gasteiger partial charge in [0.2, 0.25) is 6.04 Å². The van der Waals surface area contributed by atoms with Gasteiger partial charge >= 0.3 is 0 Å². The van der Waals surface area contributed by atoms with Gasteiger partial charge in [0.15, 0.2) is 12.4 Å². The lowest BCUT2D eigenvalue weighted by molar-refractivity contribution is -0.704. The molecule has 0 aliphatic carbocycles. The van der Waals surface area contributed by atoms with Crippen LogP contribution in [0.3, 0.4) is 0 Å². The Balaban J connectivity index is 0.00000225. The zero-order valence-corrected chi connectivity index (χ0v) is 15.7. The Hall–Kier alpha value is -2.12. The van der Waals surface area contributed by atoms with Crippen LogP contribution in [0.15, 0.2) is 85.2 Å². The molecule has 3 aromatic rings. The van der Waals surface area contributed by atoms with E-state index in [-0.39, 0.29) is 18.4 Å². The maximum atomic E-state index is 2.32. The average molecular weight is 352 g/mol. The minimum Gasteiger partial charge on any atom is -1.00 e. The van der Waals surface area contributed by atoms with Crippen molar-refractivity contribution in [2.75, 3.05) is 0 Å². The first-order chi connectivity index (χ1) is 11.8. The van der Waals surface area contributed by atoms with Crippen molar-refractivity contribution in [3.63, 3.8) is 0 Å². The van der Waals surface area contributed by atoms with Gasteiger partial charge in [0.25, 0.3) is 0 Å². The molecule has 1 aromatic heterocycles. The molecular weight excluding hydrogens is 326 g/mol. The summed E-state index contributed by atoms with van der Waals surface area (Å²) in [5.41, 5.74) is 4.06. The number of hydrogen-bond acceptors (Lipinski definition) is 0. The van der Waals surface area contributed by atoms with E-state index in [4.69, 9.17) is 0 Å². The van der Waals surface area contributed by atoms with Crippen LogP contribution in [0.4, 0.5) is 0 Å². The Morgan fingerprint density at radius 3 is 1.48 bits per heavy atom. The monoisotopic (exact) mass is 351 g/mol. The number of rotatable bonds is 6. The topological polar surface area (TPSA) is 3.88 Å². The van der Waals surface area contributed by atoms with Crippen LogP contribution in [0.2, 0.25) is 0 Å². The Bertz CT molecular complexity index is 695. The summed E-state index contributed by atoms with van der Waals surface area (Å²) in [7, 11) is 0. The van der Waals surface area contributed by atoms with Crippen molar-refractivity contribution in [1.29, 1.82) is 0 Å². The highest BCUT2D eigenvalue weighted by Crippen LogP contribution is 2.24. The third-order valence-corrected chi connectivity index (χ3v) is 4.86. The van der Waals surface area contributed by atoms with Gasteiger partial charge in [-0.05, 0) is 24.3 Å². The molecule has 0 aliphatic rings. The quantitative estimate of drug-likeness (QED) is 0.601. The summed E-state index contributed by atoms with van der Waals surface area (Å²) in [5, 5.41) is 0. The van der Waals surface area contributed by atoms with Crippen LogP contribution in [0.1, 0.15) is 55.3 Å². The molecule has 0 amide bonds. The van der Waals surface area contributed by atoms with Gasteiger partial charge in [0.1, 0.15) is 0 Å². The van der Waals surface area contributed by atoms with Crippen LogP contribution < -0.4 is 17.0 Å². The molecule has 2 aromatic carbocycles. The molecule has 130 valence electrons. The van der Waals surface area contributed by atoms with Crippen molar-refractivity contribution in [1.82, 2.24) is 0 Å². The van der Waals surface area contributed by atoms with Gasteiger partial charge in [-0.25, -0.2) is 0 Å². The van der Waals surface area contributed by atoms with E-state index in [1.165, 1.54) is 29.5 Å². The highest BCUT2D eigenvalue weighted by molar-refractivity contribution is 5.29. The molecule has 1 nitrogen and oxygen atoms in total. The second-order valence-corrected chi connectivity index (χ2v) is 6.32. The van der Waals surface area contributed by atoms with Crippen LogP contribution in [0, 0.1) is 0 Å². The van der Waals surface area contributed by atoms with Gasteiger partial charge in [-0.15, -0.1) is 0 Å². The molecule has 0 bridgehead atoms. The van der Waals surface area contributed by atoms with Gasteiger partial charge in [-0.1, -0.05) is 74.5 Å². The van der Waals surface area contributed by atoms with E-state index >= 15 is 0 Å². The smallest absolute Gasteiger partial charge is 0.208 e. The molecule has 0 unspecified atom stereocenters. The standard InChI is InChI=1S/C23H26N.ClH/c1-3-19(4-2)20-15-17-24(18-16-20)23(21-11-7-5-8-12-21)22-13-9-6-10-14-22;/h5-19,23H,3-4H2,1-2H3;1H/q+1;/p-1. The van der Waals surface area contributed by atoms with Crippen molar-refractivity contribution < 1.29 is 17.0 Å². The molecule has 0 N–H and O–H groups in total. The molecule has 0 fully saturated rings. The molecule has 0 saturated carbocycles. The highest BCUT2D eigenvalue weighted by atomic mass is 35.5. The van der Waals surface area contributed by atoms with Crippen LogP contribution in [0.5, 0.6) is 0 Å². The van der Waals surface area contributed by atoms with Gasteiger partial charge in [0, 0.05) is 23.3 Å². The maximum Gasteiger partial charge on any atom is 0.208 e. The van der Waals surface area contributed by atoms with Crippen LogP contribution >= 0.6 is 0 Å². The van der Waals surface area contributed by atoms with Crippen molar-refractivity contribution in [3.8, 4) is 0 Å². The summed E-state index contributed by atoms with van der Waals surface area (Å²) in [6.45, 7) is 4.54. The molecule has 0 spiro atoms. The van der Waals surface area contributed by atoms with E-state index in [1.807, 2.05) is 0 Å². The van der Waals surface area contributed by atoms with Gasteiger partial charge in [-0.2, -0.15) is 4.57 Å². The fourth-order valence-electron chi connectivity index (χ4n) is 3.46. The number of pyridine rings is 1. The molecule has 0 aliphatic heterocycles. The SMILES string of the molecule is CCC(CC)c1cc[n+](C(c2ccccc2)c2ccccc2)cc1.[Cl-]. The molecule has 0 atom stereocenters. The van der Waals surface area contributed by atoms with Crippen LogP contribution in [0.25, 0.3) is 0 Å². The molecule has 0 saturated heterocycles. The van der Waals surface area contributed by atoms with E-state index in [2.05, 4.69) is 104 Å². The lowest BCUT2D eigenvalue weighted by Gasteiger charge is -2.15. The highest BCUT2D eigenvalue weighted by Gasteiger charge is 2.23. The lowest BCUT2D eigenvalue weighted by Crippen LogP contribution is -3.00. The molecule has 1 heterocycles. The Morgan fingerprint density at radius 1 is 0.640 bits per heavy atom. The van der Waals surface area contributed by atoms with Crippen molar-refractivity contribution in [2.24, 2.45) is 0 Å². The first-order valence-corrected chi connectivity index (χ1v) is 8.94. The normalized spacial score (nSPS) is 10.7. The van der Waals surface area contributed by atoms with Gasteiger partial charge in [-0.3, -0.25) is 0 Å². The zero-order chi connectivity index (χ0) is 16.8. The van der Waals surface area contributed by atoms with Crippen molar-refractivity contribution >= 4 is 0 Å². The molecule has 2 heteroatoms. The van der Waals surface area contributed by atoms with Gasteiger partial charge in [0.05, 0.1) is 0 Å². The maximum absolute atomic E-state index is 2.32. The predicted octanol–water partition coefficient (Wildman–Crippen LogP) is 2.52. The second kappa shape index (κ2) is 9.39. The minimum atomic E-state index is 0. The fraction of sp³-hybridized carbons (Fsp3) is 0.261. The number of aromatic nitrogens is 1. The Morgan fingerprint density at radius 2 is 1.08 bits per heavy atom. The van der Waals surface area contributed by atoms with Gasteiger partial charge < -0.3 is 12.4 Å². The number of halogens is 1. The lowest BCUT2D eigenvalue weighted by atomic mass is 9.94. The third kappa shape index (κ3) is 4.49. The summed E-state index contributed by atoms with van der Waals surface area (Å²) < 4.78 is 2.32. The zero-order valence-electron chi connectivity index (χ0n) is 15.0. The van der Waals surface area contributed by atoms with E-state index in [0.29, 0.717) is 5.92 Å². The van der Waals surface area contributed by atoms with Crippen LogP contribution in [-0.2, 0) is 0 Å². The predicted molar refractivity (Wildman–Crippen MR) is 100 cm³/mol. The summed E-state index contributed by atoms with van der Waals surface area (Å²) in [4.78, 5) is 0. The number of hydrogen-bond donors (Lipinski definition) is 0. The van der Waals surface area contributed by atoms with Crippen molar-refractivity contribution in [2.45, 2.75) is 38.6 Å². The molecule has 3 rings (SSSR count). The fourth-order valence-corrected chi connectivity index (χ4v) is 3.46. The summed E-state index contributed by atoms with van der Waals surface area (Å²) >= 11 is 0. The summed E-state index contributed by atoms with van der Waals surface area (Å²) in [6, 6.07) is 26.2. The Labute approximate surface area is 157 Å². The van der Waals surface area contributed by atoms with E-state index < -0.39 is 0 Å². The molecule has 0 radical (unpaired) electrons. The van der Waals surface area contributed by atoms with Crippen LogP contribution in [-0.4, -0.2) is 0 Å². The summed E-state index contributed by atoms with van der Waals surface area (Å²) in [5.74, 6) is 0.659.